The first kappa shape index (κ1) is 10.9. The zero-order chi connectivity index (χ0) is 11.7. The van der Waals surface area contributed by atoms with Gasteiger partial charge in [0.05, 0.1) is 5.56 Å². The monoisotopic (exact) mass is 219 g/mol. The van der Waals surface area contributed by atoms with Crippen LogP contribution in [-0.2, 0) is 0 Å². The Bertz CT molecular complexity index is 413. The van der Waals surface area contributed by atoms with Crippen LogP contribution in [-0.4, -0.2) is 28.9 Å². The minimum absolute atomic E-state index is 0.0188. The maximum absolute atomic E-state index is 12.1. The molecule has 2 N–H and O–H groups in total. The molecule has 2 rings (SSSR count). The van der Waals surface area contributed by atoms with Crippen LogP contribution in [0.3, 0.4) is 0 Å². The number of aromatic nitrogens is 1. The van der Waals surface area contributed by atoms with Crippen molar-refractivity contribution in [3.05, 3.63) is 23.5 Å². The van der Waals surface area contributed by atoms with Gasteiger partial charge in [-0.2, -0.15) is 0 Å². The third-order valence-corrected chi connectivity index (χ3v) is 3.25. The molecule has 1 saturated carbocycles. The van der Waals surface area contributed by atoms with Crippen molar-refractivity contribution in [1.82, 2.24) is 9.88 Å². The maximum Gasteiger partial charge on any atom is 0.257 e. The van der Waals surface area contributed by atoms with Gasteiger partial charge in [0.15, 0.2) is 0 Å². The number of pyridine rings is 1. The molecule has 1 aromatic rings. The van der Waals surface area contributed by atoms with Crippen molar-refractivity contribution >= 4 is 11.6 Å². The summed E-state index contributed by atoms with van der Waals surface area (Å²) in [6, 6.07) is 2.12. The lowest BCUT2D eigenvalue weighted by atomic mass is 9.91. The highest BCUT2D eigenvalue weighted by molar-refractivity contribution is 5.98. The van der Waals surface area contributed by atoms with E-state index < -0.39 is 0 Å². The first-order chi connectivity index (χ1) is 7.59. The standard InChI is InChI=1S/C12H17N3O/c1-8-6-11(13)10(7-14-8)12(16)15(2)9-4-3-5-9/h6-7,9H,3-5H2,1-2H3,(H2,13,14). The summed E-state index contributed by atoms with van der Waals surface area (Å²) in [5.41, 5.74) is 7.70. The normalized spacial score (nSPS) is 15.6. The van der Waals surface area contributed by atoms with Crippen molar-refractivity contribution in [3.8, 4) is 0 Å². The summed E-state index contributed by atoms with van der Waals surface area (Å²) in [5, 5.41) is 0. The van der Waals surface area contributed by atoms with Crippen LogP contribution in [0.4, 0.5) is 5.69 Å². The van der Waals surface area contributed by atoms with Crippen molar-refractivity contribution in [1.29, 1.82) is 0 Å². The van der Waals surface area contributed by atoms with E-state index in [1.54, 1.807) is 17.2 Å². The third-order valence-electron chi connectivity index (χ3n) is 3.25. The fourth-order valence-electron chi connectivity index (χ4n) is 1.89. The van der Waals surface area contributed by atoms with E-state index >= 15 is 0 Å². The number of nitrogen functional groups attached to an aromatic ring is 1. The van der Waals surface area contributed by atoms with Gasteiger partial charge in [0.2, 0.25) is 0 Å². The van der Waals surface area contributed by atoms with Gasteiger partial charge in [-0.05, 0) is 32.3 Å². The van der Waals surface area contributed by atoms with Gasteiger partial charge in [0.1, 0.15) is 0 Å². The molecule has 1 aromatic heterocycles. The SMILES string of the molecule is Cc1cc(N)c(C(=O)N(C)C2CCC2)cn1. The molecule has 4 nitrogen and oxygen atoms in total. The lowest BCUT2D eigenvalue weighted by Gasteiger charge is -2.34. The third kappa shape index (κ3) is 1.87. The van der Waals surface area contributed by atoms with Crippen LogP contribution >= 0.6 is 0 Å². The van der Waals surface area contributed by atoms with Crippen LogP contribution < -0.4 is 5.73 Å². The molecule has 0 bridgehead atoms. The zero-order valence-electron chi connectivity index (χ0n) is 9.73. The van der Waals surface area contributed by atoms with Crippen LogP contribution in [0, 0.1) is 6.92 Å². The highest BCUT2D eigenvalue weighted by Crippen LogP contribution is 2.25. The van der Waals surface area contributed by atoms with E-state index in [4.69, 9.17) is 5.73 Å². The summed E-state index contributed by atoms with van der Waals surface area (Å²) in [7, 11) is 1.84. The number of carbonyl (C=O) groups is 1. The van der Waals surface area contributed by atoms with E-state index in [2.05, 4.69) is 4.98 Å². The van der Waals surface area contributed by atoms with Crippen LogP contribution in [0.1, 0.15) is 35.3 Å². The number of hydrogen-bond donors (Lipinski definition) is 1. The Morgan fingerprint density at radius 3 is 2.75 bits per heavy atom. The number of anilines is 1. The van der Waals surface area contributed by atoms with Gasteiger partial charge in [0.25, 0.3) is 5.91 Å². The fourth-order valence-corrected chi connectivity index (χ4v) is 1.89. The molecule has 1 aliphatic rings. The van der Waals surface area contributed by atoms with E-state index in [1.807, 2.05) is 14.0 Å². The van der Waals surface area contributed by atoms with Crippen LogP contribution in [0.25, 0.3) is 0 Å². The molecule has 0 unspecified atom stereocenters. The quantitative estimate of drug-likeness (QED) is 0.821. The average molecular weight is 219 g/mol. The summed E-state index contributed by atoms with van der Waals surface area (Å²) in [4.78, 5) is 18.0. The number of amides is 1. The Morgan fingerprint density at radius 1 is 1.56 bits per heavy atom. The van der Waals surface area contributed by atoms with E-state index in [-0.39, 0.29) is 5.91 Å². The number of nitrogens with two attached hydrogens (primary N) is 1. The first-order valence-electron chi connectivity index (χ1n) is 5.59. The second kappa shape index (κ2) is 4.12. The fraction of sp³-hybridized carbons (Fsp3) is 0.500. The maximum atomic E-state index is 12.1. The van der Waals surface area contributed by atoms with E-state index in [0.29, 0.717) is 17.3 Å². The van der Waals surface area contributed by atoms with Gasteiger partial charge in [-0.1, -0.05) is 0 Å². The molecule has 0 radical (unpaired) electrons. The summed E-state index contributed by atoms with van der Waals surface area (Å²) in [5.74, 6) is -0.0188. The van der Waals surface area contributed by atoms with Crippen molar-refractivity contribution in [3.63, 3.8) is 0 Å². The molecule has 0 spiro atoms. The van der Waals surface area contributed by atoms with Crippen LogP contribution in [0.5, 0.6) is 0 Å². The van der Waals surface area contributed by atoms with Crippen molar-refractivity contribution in [2.75, 3.05) is 12.8 Å². The van der Waals surface area contributed by atoms with Gasteiger partial charge in [-0.15, -0.1) is 0 Å². The minimum Gasteiger partial charge on any atom is -0.398 e. The molecular weight excluding hydrogens is 202 g/mol. The number of nitrogens with zero attached hydrogens (tertiary/aromatic N) is 2. The molecule has 1 fully saturated rings. The van der Waals surface area contributed by atoms with Gasteiger partial charge in [-0.3, -0.25) is 9.78 Å². The summed E-state index contributed by atoms with van der Waals surface area (Å²) in [6.07, 6.45) is 4.98. The highest BCUT2D eigenvalue weighted by Gasteiger charge is 2.27. The highest BCUT2D eigenvalue weighted by atomic mass is 16.2. The van der Waals surface area contributed by atoms with E-state index in [0.717, 1.165) is 18.5 Å². The van der Waals surface area contributed by atoms with Crippen LogP contribution in [0.15, 0.2) is 12.3 Å². The Kier molecular flexibility index (Phi) is 2.81. The average Bonchev–Trinajstić information content (AvgIpc) is 2.14. The molecule has 0 aliphatic heterocycles. The number of rotatable bonds is 2. The van der Waals surface area contributed by atoms with Crippen molar-refractivity contribution < 1.29 is 4.79 Å². The molecule has 4 heteroatoms. The largest absolute Gasteiger partial charge is 0.398 e. The Hall–Kier alpha value is -1.58. The second-order valence-corrected chi connectivity index (χ2v) is 4.41. The van der Waals surface area contributed by atoms with E-state index in [1.165, 1.54) is 6.42 Å². The molecule has 1 aliphatic carbocycles. The molecule has 16 heavy (non-hydrogen) atoms. The predicted octanol–water partition coefficient (Wildman–Crippen LogP) is 1.60. The molecule has 1 amide bonds. The Morgan fingerprint density at radius 2 is 2.25 bits per heavy atom. The topological polar surface area (TPSA) is 59.2 Å². The molecule has 0 atom stereocenters. The van der Waals surface area contributed by atoms with E-state index in [9.17, 15) is 4.79 Å². The van der Waals surface area contributed by atoms with Gasteiger partial charge in [-0.25, -0.2) is 0 Å². The summed E-state index contributed by atoms with van der Waals surface area (Å²) in [6.45, 7) is 1.86. The molecule has 1 heterocycles. The molecule has 0 saturated heterocycles. The van der Waals surface area contributed by atoms with Gasteiger partial charge < -0.3 is 10.6 Å². The molecule has 86 valence electrons. The van der Waals surface area contributed by atoms with Gasteiger partial charge >= 0.3 is 0 Å². The predicted molar refractivity (Wildman–Crippen MR) is 63.1 cm³/mol. The summed E-state index contributed by atoms with van der Waals surface area (Å²) < 4.78 is 0. The lowest BCUT2D eigenvalue weighted by molar-refractivity contribution is 0.0652. The molecule has 0 aromatic carbocycles. The first-order valence-corrected chi connectivity index (χ1v) is 5.59. The summed E-state index contributed by atoms with van der Waals surface area (Å²) >= 11 is 0. The lowest BCUT2D eigenvalue weighted by Crippen LogP contribution is -2.41. The second-order valence-electron chi connectivity index (χ2n) is 4.41. The number of carbonyl (C=O) groups excluding carboxylic acids is 1. The number of hydrogen-bond acceptors (Lipinski definition) is 3. The number of aryl methyl sites for hydroxylation is 1. The Labute approximate surface area is 95.5 Å². The molecular formula is C12H17N3O. The zero-order valence-corrected chi connectivity index (χ0v) is 9.73. The minimum atomic E-state index is -0.0188. The van der Waals surface area contributed by atoms with Crippen molar-refractivity contribution in [2.24, 2.45) is 0 Å². The van der Waals surface area contributed by atoms with Gasteiger partial charge in [0, 0.05) is 30.7 Å². The van der Waals surface area contributed by atoms with Crippen molar-refractivity contribution in [2.45, 2.75) is 32.2 Å². The smallest absolute Gasteiger partial charge is 0.257 e. The van der Waals surface area contributed by atoms with Crippen LogP contribution in [0.2, 0.25) is 0 Å². The Balaban J connectivity index is 2.19.